The summed E-state index contributed by atoms with van der Waals surface area (Å²) < 4.78 is 0. The highest BCUT2D eigenvalue weighted by Crippen LogP contribution is 2.34. The van der Waals surface area contributed by atoms with Crippen molar-refractivity contribution in [3.8, 4) is 0 Å². The van der Waals surface area contributed by atoms with Gasteiger partial charge in [-0.25, -0.2) is 0 Å². The fourth-order valence-corrected chi connectivity index (χ4v) is 2.26. The molecule has 0 aromatic carbocycles. The minimum atomic E-state index is 0.801. The van der Waals surface area contributed by atoms with E-state index in [4.69, 9.17) is 5.73 Å². The Balaban J connectivity index is 2.02. The maximum Gasteiger partial charge on any atom is 0.00921 e. The van der Waals surface area contributed by atoms with E-state index in [0.717, 1.165) is 24.4 Å². The highest BCUT2D eigenvalue weighted by Gasteiger charge is 2.29. The van der Waals surface area contributed by atoms with Gasteiger partial charge in [0.2, 0.25) is 0 Å². The van der Waals surface area contributed by atoms with Crippen molar-refractivity contribution in [1.29, 1.82) is 0 Å². The number of nitrogens with two attached hydrogens (primary N) is 1. The molecule has 2 heteroatoms. The Hall–Kier alpha value is -0.0800. The third-order valence-corrected chi connectivity index (χ3v) is 3.87. The quantitative estimate of drug-likeness (QED) is 0.670. The van der Waals surface area contributed by atoms with Crippen molar-refractivity contribution in [3.05, 3.63) is 0 Å². The van der Waals surface area contributed by atoms with Crippen LogP contribution in [0.15, 0.2) is 0 Å². The molecule has 0 aliphatic heterocycles. The van der Waals surface area contributed by atoms with E-state index in [9.17, 15) is 0 Å². The largest absolute Gasteiger partial charge is 0.330 e. The number of rotatable bonds is 8. The zero-order chi connectivity index (χ0) is 11.3. The summed E-state index contributed by atoms with van der Waals surface area (Å²) in [4.78, 5) is 2.53. The number of hydrogen-bond acceptors (Lipinski definition) is 2. The fourth-order valence-electron chi connectivity index (χ4n) is 2.26. The zero-order valence-corrected chi connectivity index (χ0v) is 10.7. The van der Waals surface area contributed by atoms with Crippen LogP contribution in [0.1, 0.15) is 46.0 Å². The van der Waals surface area contributed by atoms with Gasteiger partial charge < -0.3 is 10.6 Å². The molecule has 0 heterocycles. The van der Waals surface area contributed by atoms with Gasteiger partial charge in [0.05, 0.1) is 0 Å². The third kappa shape index (κ3) is 4.98. The second-order valence-corrected chi connectivity index (χ2v) is 5.38. The van der Waals surface area contributed by atoms with E-state index < -0.39 is 0 Å². The van der Waals surface area contributed by atoms with Gasteiger partial charge in [0.25, 0.3) is 0 Å². The summed E-state index contributed by atoms with van der Waals surface area (Å²) in [7, 11) is 2.27. The minimum Gasteiger partial charge on any atom is -0.330 e. The summed E-state index contributed by atoms with van der Waals surface area (Å²) >= 11 is 0. The Morgan fingerprint density at radius 3 is 2.47 bits per heavy atom. The summed E-state index contributed by atoms with van der Waals surface area (Å²) in [6, 6.07) is 0.801. The molecule has 0 aromatic rings. The molecule has 0 radical (unpaired) electrons. The van der Waals surface area contributed by atoms with E-state index in [1.165, 1.54) is 38.6 Å². The molecule has 0 aromatic heterocycles. The van der Waals surface area contributed by atoms with Crippen LogP contribution in [0, 0.1) is 11.8 Å². The van der Waals surface area contributed by atoms with Crippen molar-refractivity contribution in [2.24, 2.45) is 17.6 Å². The molecule has 1 rings (SSSR count). The lowest BCUT2D eigenvalue weighted by Crippen LogP contribution is -2.31. The first-order chi connectivity index (χ1) is 7.15. The molecule has 2 nitrogen and oxygen atoms in total. The molecule has 0 bridgehead atoms. The Bertz CT molecular complexity index is 166. The molecule has 2 atom stereocenters. The Morgan fingerprint density at radius 2 is 1.93 bits per heavy atom. The molecule has 1 saturated carbocycles. The first-order valence-electron chi connectivity index (χ1n) is 6.55. The summed E-state index contributed by atoms with van der Waals surface area (Å²) in [6.07, 6.45) is 6.75. The van der Waals surface area contributed by atoms with Crippen LogP contribution in [0.4, 0.5) is 0 Å². The zero-order valence-electron chi connectivity index (χ0n) is 10.7. The van der Waals surface area contributed by atoms with Crippen LogP contribution in [-0.2, 0) is 0 Å². The fraction of sp³-hybridized carbons (Fsp3) is 1.00. The van der Waals surface area contributed by atoms with Crippen LogP contribution in [0.3, 0.4) is 0 Å². The van der Waals surface area contributed by atoms with Crippen molar-refractivity contribution in [2.75, 3.05) is 20.1 Å². The number of hydrogen-bond donors (Lipinski definition) is 1. The van der Waals surface area contributed by atoms with Gasteiger partial charge in [-0.15, -0.1) is 0 Å². The summed E-state index contributed by atoms with van der Waals surface area (Å²) in [5.74, 6) is 1.80. The van der Waals surface area contributed by atoms with Crippen molar-refractivity contribution >= 4 is 0 Å². The van der Waals surface area contributed by atoms with E-state index in [2.05, 4.69) is 25.8 Å². The van der Waals surface area contributed by atoms with Crippen LogP contribution < -0.4 is 5.73 Å². The van der Waals surface area contributed by atoms with Gasteiger partial charge in [0.1, 0.15) is 0 Å². The van der Waals surface area contributed by atoms with Crippen LogP contribution in [0.5, 0.6) is 0 Å². The summed E-state index contributed by atoms with van der Waals surface area (Å²) in [5, 5.41) is 0. The normalized spacial score (nSPS) is 20.6. The molecule has 2 unspecified atom stereocenters. The lowest BCUT2D eigenvalue weighted by Gasteiger charge is -2.25. The first-order valence-corrected chi connectivity index (χ1v) is 6.55. The SMILES string of the molecule is CC(CCN)CCCN(C)C(C)C1CC1. The summed E-state index contributed by atoms with van der Waals surface area (Å²) in [5.41, 5.74) is 5.55. The molecule has 1 fully saturated rings. The minimum absolute atomic E-state index is 0.801. The van der Waals surface area contributed by atoms with Gasteiger partial charge in [-0.2, -0.15) is 0 Å². The smallest absolute Gasteiger partial charge is 0.00921 e. The molecule has 0 saturated heterocycles. The van der Waals surface area contributed by atoms with Gasteiger partial charge in [-0.05, 0) is 71.0 Å². The predicted octanol–water partition coefficient (Wildman–Crippen LogP) is 2.48. The maximum atomic E-state index is 5.55. The van der Waals surface area contributed by atoms with E-state index in [1.807, 2.05) is 0 Å². The van der Waals surface area contributed by atoms with Gasteiger partial charge in [-0.3, -0.25) is 0 Å². The molecule has 1 aliphatic carbocycles. The summed E-state index contributed by atoms with van der Waals surface area (Å²) in [6.45, 7) is 6.79. The molecule has 2 N–H and O–H groups in total. The molecular formula is C13H28N2. The van der Waals surface area contributed by atoms with Crippen LogP contribution >= 0.6 is 0 Å². The average molecular weight is 212 g/mol. The van der Waals surface area contributed by atoms with E-state index in [-0.39, 0.29) is 0 Å². The highest BCUT2D eigenvalue weighted by atomic mass is 15.1. The van der Waals surface area contributed by atoms with Crippen LogP contribution in [0.2, 0.25) is 0 Å². The Morgan fingerprint density at radius 1 is 1.27 bits per heavy atom. The van der Waals surface area contributed by atoms with Crippen LogP contribution in [0.25, 0.3) is 0 Å². The second kappa shape index (κ2) is 6.49. The monoisotopic (exact) mass is 212 g/mol. The lowest BCUT2D eigenvalue weighted by molar-refractivity contribution is 0.225. The van der Waals surface area contributed by atoms with E-state index >= 15 is 0 Å². The maximum absolute atomic E-state index is 5.55. The molecule has 0 amide bonds. The number of nitrogens with zero attached hydrogens (tertiary/aromatic N) is 1. The topological polar surface area (TPSA) is 29.3 Å². The van der Waals surface area contributed by atoms with Gasteiger partial charge in [0.15, 0.2) is 0 Å². The molecule has 90 valence electrons. The first kappa shape index (κ1) is 13.0. The second-order valence-electron chi connectivity index (χ2n) is 5.38. The molecular weight excluding hydrogens is 184 g/mol. The Kier molecular flexibility index (Phi) is 5.62. The van der Waals surface area contributed by atoms with Gasteiger partial charge in [0, 0.05) is 6.04 Å². The molecule has 1 aliphatic rings. The van der Waals surface area contributed by atoms with Gasteiger partial charge >= 0.3 is 0 Å². The van der Waals surface area contributed by atoms with Crippen molar-refractivity contribution in [2.45, 2.75) is 52.0 Å². The van der Waals surface area contributed by atoms with Gasteiger partial charge in [-0.1, -0.05) is 6.92 Å². The highest BCUT2D eigenvalue weighted by molar-refractivity contribution is 4.83. The third-order valence-electron chi connectivity index (χ3n) is 3.87. The lowest BCUT2D eigenvalue weighted by atomic mass is 10.0. The van der Waals surface area contributed by atoms with E-state index in [1.54, 1.807) is 0 Å². The predicted molar refractivity (Wildman–Crippen MR) is 66.9 cm³/mol. The van der Waals surface area contributed by atoms with Crippen molar-refractivity contribution in [3.63, 3.8) is 0 Å². The average Bonchev–Trinajstić information content (AvgIpc) is 3.00. The van der Waals surface area contributed by atoms with E-state index in [0.29, 0.717) is 0 Å². The Labute approximate surface area is 95.2 Å². The van der Waals surface area contributed by atoms with Crippen molar-refractivity contribution in [1.82, 2.24) is 4.90 Å². The van der Waals surface area contributed by atoms with Crippen molar-refractivity contribution < 1.29 is 0 Å². The van der Waals surface area contributed by atoms with Crippen LogP contribution in [-0.4, -0.2) is 31.1 Å². The standard InChI is InChI=1S/C13H28N2/c1-11(8-9-14)5-4-10-15(3)12(2)13-6-7-13/h11-13H,4-10,14H2,1-3H3. The molecule has 15 heavy (non-hydrogen) atoms. The molecule has 0 spiro atoms.